The number of hydrogen-bond acceptors (Lipinski definition) is 3. The topological polar surface area (TPSA) is 31.0 Å². The second-order valence-electron chi connectivity index (χ2n) is 6.14. The number of hydrogen-bond donors (Lipinski definition) is 0. The summed E-state index contributed by atoms with van der Waals surface area (Å²) in [5, 5.41) is 0. The van der Waals surface area contributed by atoms with Crippen LogP contribution in [0.4, 0.5) is 0 Å². The van der Waals surface area contributed by atoms with Crippen molar-refractivity contribution in [3.05, 3.63) is 0 Å². The SMILES string of the molecule is CCCCCCOCCC1OC1CCOCCCCCC. The van der Waals surface area contributed by atoms with Crippen molar-refractivity contribution in [1.82, 2.24) is 0 Å². The summed E-state index contributed by atoms with van der Waals surface area (Å²) in [6.45, 7) is 8.01. The summed E-state index contributed by atoms with van der Waals surface area (Å²) in [6, 6.07) is 0. The van der Waals surface area contributed by atoms with E-state index in [4.69, 9.17) is 14.2 Å². The molecule has 2 unspecified atom stereocenters. The zero-order chi connectivity index (χ0) is 15.2. The van der Waals surface area contributed by atoms with Gasteiger partial charge in [0.2, 0.25) is 0 Å². The molecule has 0 aromatic rings. The van der Waals surface area contributed by atoms with Crippen molar-refractivity contribution in [2.75, 3.05) is 26.4 Å². The van der Waals surface area contributed by atoms with Crippen molar-refractivity contribution in [1.29, 1.82) is 0 Å². The van der Waals surface area contributed by atoms with E-state index in [1.54, 1.807) is 0 Å². The monoisotopic (exact) mass is 300 g/mol. The largest absolute Gasteiger partial charge is 0.381 e. The minimum absolute atomic E-state index is 0.435. The summed E-state index contributed by atoms with van der Waals surface area (Å²) < 4.78 is 16.9. The van der Waals surface area contributed by atoms with Gasteiger partial charge in [-0.15, -0.1) is 0 Å². The van der Waals surface area contributed by atoms with Crippen LogP contribution in [-0.4, -0.2) is 38.6 Å². The highest BCUT2D eigenvalue weighted by Crippen LogP contribution is 2.28. The van der Waals surface area contributed by atoms with Gasteiger partial charge in [0.15, 0.2) is 0 Å². The van der Waals surface area contributed by atoms with Gasteiger partial charge in [0.25, 0.3) is 0 Å². The summed E-state index contributed by atoms with van der Waals surface area (Å²) in [6.07, 6.45) is 13.2. The van der Waals surface area contributed by atoms with Gasteiger partial charge in [-0.2, -0.15) is 0 Å². The lowest BCUT2D eigenvalue weighted by Gasteiger charge is -2.03. The van der Waals surface area contributed by atoms with E-state index in [9.17, 15) is 0 Å². The van der Waals surface area contributed by atoms with E-state index >= 15 is 0 Å². The molecule has 0 spiro atoms. The third kappa shape index (κ3) is 11.1. The van der Waals surface area contributed by atoms with Gasteiger partial charge in [-0.1, -0.05) is 52.4 Å². The summed E-state index contributed by atoms with van der Waals surface area (Å²) in [7, 11) is 0. The Kier molecular flexibility index (Phi) is 12.2. The van der Waals surface area contributed by atoms with E-state index in [0.717, 1.165) is 39.3 Å². The molecule has 1 heterocycles. The van der Waals surface area contributed by atoms with Gasteiger partial charge in [0.1, 0.15) is 0 Å². The molecule has 0 amide bonds. The van der Waals surface area contributed by atoms with Crippen LogP contribution < -0.4 is 0 Å². The highest BCUT2D eigenvalue weighted by molar-refractivity contribution is 4.84. The molecule has 0 aliphatic carbocycles. The van der Waals surface area contributed by atoms with Crippen LogP contribution in [0.5, 0.6) is 0 Å². The summed E-state index contributed by atoms with van der Waals surface area (Å²) in [5.41, 5.74) is 0. The van der Waals surface area contributed by atoms with E-state index < -0.39 is 0 Å². The van der Waals surface area contributed by atoms with Crippen LogP contribution in [-0.2, 0) is 14.2 Å². The van der Waals surface area contributed by atoms with E-state index in [-0.39, 0.29) is 0 Å². The summed E-state index contributed by atoms with van der Waals surface area (Å²) in [5.74, 6) is 0. The molecule has 3 heteroatoms. The van der Waals surface area contributed by atoms with Crippen LogP contribution in [0, 0.1) is 0 Å². The molecule has 1 aliphatic rings. The Morgan fingerprint density at radius 1 is 0.619 bits per heavy atom. The van der Waals surface area contributed by atoms with Crippen molar-refractivity contribution in [2.24, 2.45) is 0 Å². The maximum absolute atomic E-state index is 5.65. The molecule has 0 aromatic heterocycles. The Morgan fingerprint density at radius 2 is 1.10 bits per heavy atom. The summed E-state index contributed by atoms with van der Waals surface area (Å²) in [4.78, 5) is 0. The molecular weight excluding hydrogens is 264 g/mol. The fourth-order valence-corrected chi connectivity index (χ4v) is 2.55. The average molecular weight is 300 g/mol. The smallest absolute Gasteiger partial charge is 0.0864 e. The third-order valence-electron chi connectivity index (χ3n) is 4.07. The van der Waals surface area contributed by atoms with Gasteiger partial charge in [-0.05, 0) is 25.7 Å². The average Bonchev–Trinajstić information content (AvgIpc) is 3.24. The first-order chi connectivity index (χ1) is 10.4. The van der Waals surface area contributed by atoms with Gasteiger partial charge in [0.05, 0.1) is 12.2 Å². The molecule has 1 fully saturated rings. The molecule has 3 nitrogen and oxygen atoms in total. The van der Waals surface area contributed by atoms with Crippen LogP contribution in [0.15, 0.2) is 0 Å². The Labute approximate surface area is 131 Å². The predicted octanol–water partition coefficient (Wildman–Crippen LogP) is 4.73. The van der Waals surface area contributed by atoms with E-state index in [0.29, 0.717) is 12.2 Å². The van der Waals surface area contributed by atoms with Crippen LogP contribution in [0.25, 0.3) is 0 Å². The maximum atomic E-state index is 5.65. The van der Waals surface area contributed by atoms with Crippen LogP contribution in [0.3, 0.4) is 0 Å². The van der Waals surface area contributed by atoms with E-state index in [2.05, 4.69) is 13.8 Å². The Bertz CT molecular complexity index is 199. The number of rotatable bonds is 16. The van der Waals surface area contributed by atoms with Gasteiger partial charge in [-0.25, -0.2) is 0 Å². The standard InChI is InChI=1S/C18H36O3/c1-3-5-7-9-13-19-15-11-17-18(21-17)12-16-20-14-10-8-6-4-2/h17-18H,3-16H2,1-2H3. The van der Waals surface area contributed by atoms with Gasteiger partial charge in [-0.3, -0.25) is 0 Å². The number of epoxide rings is 1. The van der Waals surface area contributed by atoms with Crippen molar-refractivity contribution in [2.45, 2.75) is 90.3 Å². The number of ether oxygens (including phenoxy) is 3. The first-order valence-corrected chi connectivity index (χ1v) is 9.19. The second-order valence-corrected chi connectivity index (χ2v) is 6.14. The molecule has 0 saturated carbocycles. The van der Waals surface area contributed by atoms with E-state index in [1.165, 1.54) is 51.4 Å². The van der Waals surface area contributed by atoms with Gasteiger partial charge < -0.3 is 14.2 Å². The lowest BCUT2D eigenvalue weighted by molar-refractivity contribution is 0.121. The van der Waals surface area contributed by atoms with Crippen LogP contribution >= 0.6 is 0 Å². The molecule has 126 valence electrons. The Balaban J connectivity index is 1.74. The summed E-state index contributed by atoms with van der Waals surface area (Å²) >= 11 is 0. The molecule has 1 rings (SSSR count). The van der Waals surface area contributed by atoms with Crippen molar-refractivity contribution >= 4 is 0 Å². The first-order valence-electron chi connectivity index (χ1n) is 9.19. The minimum atomic E-state index is 0.435. The maximum Gasteiger partial charge on any atom is 0.0864 e. The fourth-order valence-electron chi connectivity index (χ4n) is 2.55. The zero-order valence-electron chi connectivity index (χ0n) is 14.3. The van der Waals surface area contributed by atoms with Crippen molar-refractivity contribution in [3.8, 4) is 0 Å². The van der Waals surface area contributed by atoms with Crippen molar-refractivity contribution in [3.63, 3.8) is 0 Å². The molecule has 2 atom stereocenters. The third-order valence-corrected chi connectivity index (χ3v) is 4.07. The zero-order valence-corrected chi connectivity index (χ0v) is 14.3. The highest BCUT2D eigenvalue weighted by atomic mass is 16.6. The highest BCUT2D eigenvalue weighted by Gasteiger charge is 2.37. The lowest BCUT2D eigenvalue weighted by atomic mass is 10.2. The molecular formula is C18H36O3. The first kappa shape index (κ1) is 18.9. The number of unbranched alkanes of at least 4 members (excludes halogenated alkanes) is 6. The van der Waals surface area contributed by atoms with Crippen LogP contribution in [0.1, 0.15) is 78.1 Å². The second kappa shape index (κ2) is 13.5. The van der Waals surface area contributed by atoms with Crippen LogP contribution in [0.2, 0.25) is 0 Å². The molecule has 0 aromatic carbocycles. The van der Waals surface area contributed by atoms with E-state index in [1.807, 2.05) is 0 Å². The molecule has 0 N–H and O–H groups in total. The molecule has 1 saturated heterocycles. The Morgan fingerprint density at radius 3 is 1.52 bits per heavy atom. The quantitative estimate of drug-likeness (QED) is 0.305. The van der Waals surface area contributed by atoms with Gasteiger partial charge in [0, 0.05) is 26.4 Å². The molecule has 0 radical (unpaired) electrons. The fraction of sp³-hybridized carbons (Fsp3) is 1.00. The molecule has 0 bridgehead atoms. The normalized spacial score (nSPS) is 20.9. The van der Waals surface area contributed by atoms with Gasteiger partial charge >= 0.3 is 0 Å². The lowest BCUT2D eigenvalue weighted by Crippen LogP contribution is -2.05. The molecule has 1 aliphatic heterocycles. The van der Waals surface area contributed by atoms with Crippen molar-refractivity contribution < 1.29 is 14.2 Å². The minimum Gasteiger partial charge on any atom is -0.381 e. The predicted molar refractivity (Wildman–Crippen MR) is 87.8 cm³/mol. The Hall–Kier alpha value is -0.120. The molecule has 21 heavy (non-hydrogen) atoms.